The molecule has 0 radical (unpaired) electrons. The standard InChI is InChI=1S/C19H16N4O2/c1-13-20-21-18-10-11-19(22-23(13)18)25-17-9-8-15(24-2)12-16(17)14-6-4-3-5-7-14/h3-12H,1-2H3. The summed E-state index contributed by atoms with van der Waals surface area (Å²) >= 11 is 0. The molecule has 4 rings (SSSR count). The van der Waals surface area contributed by atoms with Gasteiger partial charge in [-0.15, -0.1) is 15.3 Å². The third-order valence-electron chi connectivity index (χ3n) is 3.88. The van der Waals surface area contributed by atoms with Crippen LogP contribution in [0, 0.1) is 6.92 Å². The Kier molecular flexibility index (Phi) is 3.78. The van der Waals surface area contributed by atoms with Crippen LogP contribution in [0.5, 0.6) is 17.4 Å². The molecule has 0 aliphatic heterocycles. The fourth-order valence-corrected chi connectivity index (χ4v) is 2.61. The Morgan fingerprint density at radius 1 is 0.920 bits per heavy atom. The summed E-state index contributed by atoms with van der Waals surface area (Å²) in [5.41, 5.74) is 2.66. The molecular weight excluding hydrogens is 316 g/mol. The molecule has 0 amide bonds. The lowest BCUT2D eigenvalue weighted by Crippen LogP contribution is -1.98. The summed E-state index contributed by atoms with van der Waals surface area (Å²) < 4.78 is 13.1. The molecule has 25 heavy (non-hydrogen) atoms. The first-order chi connectivity index (χ1) is 12.2. The summed E-state index contributed by atoms with van der Waals surface area (Å²) in [5.74, 6) is 2.64. The predicted molar refractivity (Wildman–Crippen MR) is 94.0 cm³/mol. The van der Waals surface area contributed by atoms with Crippen LogP contribution in [0.1, 0.15) is 5.82 Å². The van der Waals surface area contributed by atoms with E-state index in [4.69, 9.17) is 9.47 Å². The molecular formula is C19H16N4O2. The monoisotopic (exact) mass is 332 g/mol. The zero-order valence-corrected chi connectivity index (χ0v) is 13.9. The normalized spacial score (nSPS) is 10.8. The van der Waals surface area contributed by atoms with Crippen LogP contribution in [0.25, 0.3) is 16.8 Å². The van der Waals surface area contributed by atoms with Crippen LogP contribution in [0.15, 0.2) is 60.7 Å². The summed E-state index contributed by atoms with van der Waals surface area (Å²) in [6.07, 6.45) is 0. The van der Waals surface area contributed by atoms with E-state index in [1.54, 1.807) is 17.7 Å². The molecule has 0 aliphatic carbocycles. The van der Waals surface area contributed by atoms with Crippen molar-refractivity contribution in [3.63, 3.8) is 0 Å². The van der Waals surface area contributed by atoms with Gasteiger partial charge in [-0.25, -0.2) is 0 Å². The first-order valence-corrected chi connectivity index (χ1v) is 7.85. The van der Waals surface area contributed by atoms with Crippen LogP contribution in [0.2, 0.25) is 0 Å². The molecule has 0 unspecified atom stereocenters. The highest BCUT2D eigenvalue weighted by molar-refractivity contribution is 5.72. The number of fused-ring (bicyclic) bond motifs is 1. The first kappa shape index (κ1) is 15.1. The van der Waals surface area contributed by atoms with Crippen molar-refractivity contribution < 1.29 is 9.47 Å². The van der Waals surface area contributed by atoms with Gasteiger partial charge in [0.25, 0.3) is 0 Å². The molecule has 124 valence electrons. The summed E-state index contributed by atoms with van der Waals surface area (Å²) in [7, 11) is 1.65. The molecule has 0 N–H and O–H groups in total. The van der Waals surface area contributed by atoms with Crippen molar-refractivity contribution in [2.75, 3.05) is 7.11 Å². The topological polar surface area (TPSA) is 61.5 Å². The molecule has 0 bridgehead atoms. The number of ether oxygens (including phenoxy) is 2. The average Bonchev–Trinajstić information content (AvgIpc) is 3.03. The largest absolute Gasteiger partial charge is 0.497 e. The molecule has 0 fully saturated rings. The Hall–Kier alpha value is -3.41. The van der Waals surface area contributed by atoms with Gasteiger partial charge in [-0.2, -0.15) is 4.52 Å². The molecule has 0 spiro atoms. The van der Waals surface area contributed by atoms with E-state index < -0.39 is 0 Å². The van der Waals surface area contributed by atoms with Crippen molar-refractivity contribution in [2.24, 2.45) is 0 Å². The van der Waals surface area contributed by atoms with Gasteiger partial charge in [0, 0.05) is 11.6 Å². The number of aryl methyl sites for hydroxylation is 1. The van der Waals surface area contributed by atoms with E-state index >= 15 is 0 Å². The van der Waals surface area contributed by atoms with E-state index in [0.29, 0.717) is 23.1 Å². The Morgan fingerprint density at radius 2 is 1.76 bits per heavy atom. The zero-order valence-electron chi connectivity index (χ0n) is 13.9. The molecule has 6 nitrogen and oxygen atoms in total. The second-order valence-corrected chi connectivity index (χ2v) is 5.52. The van der Waals surface area contributed by atoms with Gasteiger partial charge < -0.3 is 9.47 Å². The molecule has 2 heterocycles. The minimum Gasteiger partial charge on any atom is -0.497 e. The van der Waals surface area contributed by atoms with Gasteiger partial charge in [-0.05, 0) is 36.8 Å². The maximum Gasteiger partial charge on any atom is 0.237 e. The fraction of sp³-hybridized carbons (Fsp3) is 0.105. The number of hydrogen-bond donors (Lipinski definition) is 0. The van der Waals surface area contributed by atoms with Crippen LogP contribution in [0.4, 0.5) is 0 Å². The molecule has 0 saturated carbocycles. The molecule has 0 aliphatic rings. The SMILES string of the molecule is COc1ccc(Oc2ccc3nnc(C)n3n2)c(-c2ccccc2)c1. The zero-order chi connectivity index (χ0) is 17.2. The predicted octanol–water partition coefficient (Wildman–Crippen LogP) is 3.90. The Morgan fingerprint density at radius 3 is 2.56 bits per heavy atom. The summed E-state index contributed by atoms with van der Waals surface area (Å²) in [6, 6.07) is 19.3. The molecule has 2 aromatic carbocycles. The Balaban J connectivity index is 1.77. The highest BCUT2D eigenvalue weighted by Gasteiger charge is 2.11. The molecule has 0 saturated heterocycles. The Labute approximate surface area is 144 Å². The number of hydrogen-bond acceptors (Lipinski definition) is 5. The molecule has 0 atom stereocenters. The molecule has 4 aromatic rings. The van der Waals surface area contributed by atoms with Gasteiger partial charge in [0.1, 0.15) is 11.5 Å². The fourth-order valence-electron chi connectivity index (χ4n) is 2.61. The van der Waals surface area contributed by atoms with Crippen molar-refractivity contribution >= 4 is 5.65 Å². The lowest BCUT2D eigenvalue weighted by Gasteiger charge is -2.12. The van der Waals surface area contributed by atoms with Crippen LogP contribution >= 0.6 is 0 Å². The van der Waals surface area contributed by atoms with Crippen LogP contribution in [-0.2, 0) is 0 Å². The summed E-state index contributed by atoms with van der Waals surface area (Å²) in [6.45, 7) is 1.85. The third-order valence-corrected chi connectivity index (χ3v) is 3.88. The van der Waals surface area contributed by atoms with E-state index in [2.05, 4.69) is 15.3 Å². The van der Waals surface area contributed by atoms with Crippen molar-refractivity contribution in [1.82, 2.24) is 19.8 Å². The minimum atomic E-state index is 0.470. The second kappa shape index (κ2) is 6.24. The van der Waals surface area contributed by atoms with E-state index in [9.17, 15) is 0 Å². The van der Waals surface area contributed by atoms with E-state index in [1.165, 1.54) is 0 Å². The van der Waals surface area contributed by atoms with Crippen molar-refractivity contribution in [2.45, 2.75) is 6.92 Å². The first-order valence-electron chi connectivity index (χ1n) is 7.85. The lowest BCUT2D eigenvalue weighted by atomic mass is 10.0. The summed E-state index contributed by atoms with van der Waals surface area (Å²) in [5, 5.41) is 12.5. The van der Waals surface area contributed by atoms with Crippen LogP contribution < -0.4 is 9.47 Å². The maximum atomic E-state index is 6.05. The number of aromatic nitrogens is 4. The van der Waals surface area contributed by atoms with Gasteiger partial charge in [0.05, 0.1) is 7.11 Å². The quantitative estimate of drug-likeness (QED) is 0.567. The smallest absolute Gasteiger partial charge is 0.237 e. The maximum absolute atomic E-state index is 6.05. The van der Waals surface area contributed by atoms with Crippen LogP contribution in [0.3, 0.4) is 0 Å². The third kappa shape index (κ3) is 2.89. The minimum absolute atomic E-state index is 0.470. The average molecular weight is 332 g/mol. The van der Waals surface area contributed by atoms with Crippen LogP contribution in [-0.4, -0.2) is 26.9 Å². The van der Waals surface area contributed by atoms with Crippen molar-refractivity contribution in [1.29, 1.82) is 0 Å². The molecule has 6 heteroatoms. The van der Waals surface area contributed by atoms with Gasteiger partial charge in [-0.1, -0.05) is 30.3 Å². The Bertz CT molecular complexity index is 1030. The van der Waals surface area contributed by atoms with Crippen molar-refractivity contribution in [3.05, 3.63) is 66.5 Å². The van der Waals surface area contributed by atoms with Gasteiger partial charge >= 0.3 is 0 Å². The second-order valence-electron chi connectivity index (χ2n) is 5.52. The summed E-state index contributed by atoms with van der Waals surface area (Å²) in [4.78, 5) is 0. The van der Waals surface area contributed by atoms with E-state index in [0.717, 1.165) is 16.9 Å². The highest BCUT2D eigenvalue weighted by atomic mass is 16.5. The molecule has 2 aromatic heterocycles. The van der Waals surface area contributed by atoms with Gasteiger partial charge in [0.2, 0.25) is 5.88 Å². The number of methoxy groups -OCH3 is 1. The lowest BCUT2D eigenvalue weighted by molar-refractivity contribution is 0.412. The van der Waals surface area contributed by atoms with E-state index in [-0.39, 0.29) is 0 Å². The number of benzene rings is 2. The highest BCUT2D eigenvalue weighted by Crippen LogP contribution is 2.35. The van der Waals surface area contributed by atoms with Gasteiger partial charge in [0.15, 0.2) is 11.5 Å². The number of rotatable bonds is 4. The number of nitrogens with zero attached hydrogens (tertiary/aromatic N) is 4. The van der Waals surface area contributed by atoms with E-state index in [1.807, 2.05) is 61.5 Å². The van der Waals surface area contributed by atoms with Gasteiger partial charge in [-0.3, -0.25) is 0 Å². The van der Waals surface area contributed by atoms with Crippen molar-refractivity contribution in [3.8, 4) is 28.5 Å².